The van der Waals surface area contributed by atoms with Gasteiger partial charge in [0.1, 0.15) is 0 Å². The topological polar surface area (TPSA) is 96.0 Å². The Balaban J connectivity index is 3.52. The van der Waals surface area contributed by atoms with Crippen molar-refractivity contribution in [3.8, 4) is 0 Å². The van der Waals surface area contributed by atoms with E-state index in [1.54, 1.807) is 0 Å². The predicted molar refractivity (Wildman–Crippen MR) is 96.0 cm³/mol. The first-order chi connectivity index (χ1) is 13.0. The summed E-state index contributed by atoms with van der Waals surface area (Å²) in [5.74, 6) is -1.07. The third-order valence-electron chi connectivity index (χ3n) is 2.72. The number of benzene rings is 1. The zero-order chi connectivity index (χ0) is 22.7. The number of ether oxygens (including phenoxy) is 1. The third-order valence-corrected chi connectivity index (χ3v) is 10.8. The quantitative estimate of drug-likeness (QED) is 0.150. The molecule has 1 aromatic carbocycles. The molecule has 0 saturated carbocycles. The molecule has 0 aromatic heterocycles. The molecular weight excluding hydrogens is 573 g/mol. The van der Waals surface area contributed by atoms with Crippen molar-refractivity contribution < 1.29 is 54.6 Å². The van der Waals surface area contributed by atoms with Crippen molar-refractivity contribution in [2.75, 3.05) is 13.7 Å². The van der Waals surface area contributed by atoms with Crippen LogP contribution >= 0.6 is 20.2 Å². The van der Waals surface area contributed by atoms with E-state index in [-0.39, 0.29) is 9.13 Å². The predicted octanol–water partition coefficient (Wildman–Crippen LogP) is 3.81. The zero-order valence-corrected chi connectivity index (χ0v) is 18.2. The van der Waals surface area contributed by atoms with Gasteiger partial charge in [-0.1, -0.05) is 0 Å². The van der Waals surface area contributed by atoms with Crippen molar-refractivity contribution in [1.82, 2.24) is 0 Å². The molecule has 0 spiro atoms. The summed E-state index contributed by atoms with van der Waals surface area (Å²) in [6, 6.07) is 5.38. The van der Waals surface area contributed by atoms with E-state index in [1.807, 2.05) is 0 Å². The number of hydrogen-bond donors (Lipinski definition) is 0. The molecule has 0 heterocycles. The first-order valence-electron chi connectivity index (χ1n) is 6.97. The van der Waals surface area contributed by atoms with Gasteiger partial charge in [-0.25, -0.2) is 0 Å². The number of methoxy groups -OCH3 is 1. The summed E-state index contributed by atoms with van der Waals surface area (Å²) in [5, 5.41) is 0. The summed E-state index contributed by atoms with van der Waals surface area (Å²) in [7, 11) is -11.4. The van der Waals surface area contributed by atoms with Gasteiger partial charge in [-0.3, -0.25) is 0 Å². The fraction of sp³-hybridized carbons (Fsp3) is 0.385. The van der Waals surface area contributed by atoms with Gasteiger partial charge in [-0.2, -0.15) is 0 Å². The molecule has 0 aliphatic heterocycles. The molecule has 0 aliphatic rings. The van der Waals surface area contributed by atoms with Gasteiger partial charge in [0, 0.05) is 0 Å². The van der Waals surface area contributed by atoms with Gasteiger partial charge in [0.2, 0.25) is 0 Å². The van der Waals surface area contributed by atoms with E-state index in [0.717, 1.165) is 7.11 Å². The van der Waals surface area contributed by atoms with Crippen LogP contribution in [-0.4, -0.2) is 41.6 Å². The molecule has 1 aromatic rings. The standard InChI is InChI=1S/C13H13F6IO7S2/c1-9-5-3-4-6-11(9)20(27-29(23,24)13(17,18)19)7-10(8-25-2)26-28(21,22)12(14,15)16/h3-7H,8H2,1-2H3/b10-7+. The Bertz CT molecular complexity index is 955. The van der Waals surface area contributed by atoms with Crippen molar-refractivity contribution in [3.63, 3.8) is 0 Å². The number of halogens is 7. The summed E-state index contributed by atoms with van der Waals surface area (Å²) < 4.78 is 134. The third kappa shape index (κ3) is 6.97. The van der Waals surface area contributed by atoms with Crippen LogP contribution in [0.25, 0.3) is 0 Å². The molecule has 0 unspecified atom stereocenters. The van der Waals surface area contributed by atoms with E-state index in [4.69, 9.17) is 0 Å². The minimum absolute atomic E-state index is 0.0499. The minimum atomic E-state index is -6.18. The van der Waals surface area contributed by atoms with Crippen LogP contribution in [0.2, 0.25) is 0 Å². The Labute approximate surface area is 169 Å². The monoisotopic (exact) mass is 586 g/mol. The molecule has 0 radical (unpaired) electrons. The Morgan fingerprint density at radius 1 is 1.00 bits per heavy atom. The molecule has 0 atom stereocenters. The van der Waals surface area contributed by atoms with Crippen molar-refractivity contribution in [2.45, 2.75) is 17.9 Å². The van der Waals surface area contributed by atoms with E-state index >= 15 is 0 Å². The van der Waals surface area contributed by atoms with Crippen LogP contribution in [0.1, 0.15) is 5.56 Å². The second-order valence-corrected chi connectivity index (χ2v) is 12.4. The van der Waals surface area contributed by atoms with Gasteiger partial charge in [0.25, 0.3) is 0 Å². The van der Waals surface area contributed by atoms with Gasteiger partial charge >= 0.3 is 170 Å². The molecular formula is C13H13F6IO7S2. The van der Waals surface area contributed by atoms with Crippen LogP contribution in [-0.2, 0) is 31.7 Å². The van der Waals surface area contributed by atoms with Crippen LogP contribution in [0.4, 0.5) is 26.3 Å². The maximum absolute atomic E-state index is 12.7. The summed E-state index contributed by atoms with van der Waals surface area (Å²) in [4.78, 5) is 0. The molecule has 0 aliphatic carbocycles. The van der Waals surface area contributed by atoms with Crippen molar-refractivity contribution in [2.24, 2.45) is 0 Å². The number of hydrogen-bond acceptors (Lipinski definition) is 7. The first kappa shape index (κ1) is 25.9. The van der Waals surface area contributed by atoms with Crippen LogP contribution in [0, 0.1) is 10.5 Å². The normalized spacial score (nSPS) is 14.6. The summed E-state index contributed by atoms with van der Waals surface area (Å²) >= 11 is -4.12. The Morgan fingerprint density at radius 2 is 1.52 bits per heavy atom. The van der Waals surface area contributed by atoms with Crippen molar-refractivity contribution in [3.05, 3.63) is 43.2 Å². The van der Waals surface area contributed by atoms with Crippen LogP contribution < -0.4 is 0 Å². The number of aryl methyl sites for hydroxylation is 1. The van der Waals surface area contributed by atoms with E-state index in [2.05, 4.69) is 11.4 Å². The molecule has 168 valence electrons. The van der Waals surface area contributed by atoms with E-state index < -0.39 is 63.9 Å². The second kappa shape index (κ2) is 9.36. The van der Waals surface area contributed by atoms with Crippen molar-refractivity contribution >= 4 is 40.5 Å². The summed E-state index contributed by atoms with van der Waals surface area (Å²) in [5.41, 5.74) is -11.4. The van der Waals surface area contributed by atoms with Gasteiger partial charge in [-0.05, 0) is 0 Å². The fourth-order valence-corrected chi connectivity index (χ4v) is 8.40. The summed E-state index contributed by atoms with van der Waals surface area (Å²) in [6.07, 6.45) is 0. The van der Waals surface area contributed by atoms with Crippen LogP contribution in [0.3, 0.4) is 0 Å². The average molecular weight is 586 g/mol. The molecule has 0 saturated heterocycles. The molecule has 16 heteroatoms. The van der Waals surface area contributed by atoms with Gasteiger partial charge in [0.15, 0.2) is 0 Å². The van der Waals surface area contributed by atoms with Gasteiger partial charge in [-0.15, -0.1) is 0 Å². The van der Waals surface area contributed by atoms with Gasteiger partial charge in [0.05, 0.1) is 0 Å². The zero-order valence-electron chi connectivity index (χ0n) is 14.4. The molecule has 0 amide bonds. The molecule has 29 heavy (non-hydrogen) atoms. The Morgan fingerprint density at radius 3 is 1.97 bits per heavy atom. The molecule has 0 fully saturated rings. The van der Waals surface area contributed by atoms with E-state index in [1.165, 1.54) is 31.2 Å². The van der Waals surface area contributed by atoms with Crippen molar-refractivity contribution in [1.29, 1.82) is 0 Å². The molecule has 1 rings (SSSR count). The number of rotatable bonds is 8. The Hall–Kier alpha value is -1.11. The molecule has 0 bridgehead atoms. The molecule has 0 N–H and O–H groups in total. The maximum atomic E-state index is 12.7. The summed E-state index contributed by atoms with van der Waals surface area (Å²) in [6.45, 7) is 0.477. The Kier molecular flexibility index (Phi) is 8.36. The van der Waals surface area contributed by atoms with Crippen LogP contribution in [0.15, 0.2) is 34.1 Å². The van der Waals surface area contributed by atoms with Crippen LogP contribution in [0.5, 0.6) is 0 Å². The fourth-order valence-electron chi connectivity index (χ4n) is 1.51. The average Bonchev–Trinajstić information content (AvgIpc) is 2.52. The van der Waals surface area contributed by atoms with E-state index in [9.17, 15) is 43.2 Å². The number of alkyl halides is 6. The molecule has 7 nitrogen and oxygen atoms in total. The van der Waals surface area contributed by atoms with E-state index in [0.29, 0.717) is 4.08 Å². The van der Waals surface area contributed by atoms with Gasteiger partial charge < -0.3 is 0 Å². The second-order valence-electron chi connectivity index (χ2n) is 4.98. The SMILES string of the molecule is COC/C(=C\I(OS(=O)(=O)C(F)(F)F)c1ccccc1C)OS(=O)(=O)C(F)(F)F. The first-order valence-corrected chi connectivity index (χ1v) is 13.0.